The largest absolute Gasteiger partial charge is 0.299 e. The number of rotatable bonds is 2. The lowest BCUT2D eigenvalue weighted by molar-refractivity contribution is 0.225. The smallest absolute Gasteiger partial charge is 0.0312 e. The van der Waals surface area contributed by atoms with Gasteiger partial charge in [0.05, 0.1) is 0 Å². The predicted molar refractivity (Wildman–Crippen MR) is 61.5 cm³/mol. The maximum absolute atomic E-state index is 4.49. The Hall–Kier alpha value is -0.540. The van der Waals surface area contributed by atoms with Crippen molar-refractivity contribution in [3.63, 3.8) is 0 Å². The zero-order chi connectivity index (χ0) is 9.80. The van der Waals surface area contributed by atoms with Gasteiger partial charge in [0.2, 0.25) is 0 Å². The highest BCUT2D eigenvalue weighted by Gasteiger charge is 2.15. The number of nitrogens with zero attached hydrogens (tertiary/aromatic N) is 2. The van der Waals surface area contributed by atoms with E-state index in [1.54, 1.807) is 0 Å². The molecule has 1 aliphatic rings. The van der Waals surface area contributed by atoms with E-state index in [-0.39, 0.29) is 0 Å². The molecule has 1 saturated heterocycles. The van der Waals surface area contributed by atoms with Crippen molar-refractivity contribution >= 4 is 12.6 Å². The Balaban J connectivity index is 1.87. The normalized spacial score (nSPS) is 19.8. The Morgan fingerprint density at radius 3 is 2.86 bits per heavy atom. The quantitative estimate of drug-likeness (QED) is 0.748. The second-order valence-corrected chi connectivity index (χ2v) is 4.60. The molecule has 1 aromatic heterocycles. The first kappa shape index (κ1) is 9.99. The van der Waals surface area contributed by atoms with Crippen molar-refractivity contribution in [2.45, 2.75) is 24.6 Å². The first-order chi connectivity index (χ1) is 6.84. The molecule has 0 aromatic carbocycles. The molecule has 2 heterocycles. The molecule has 2 nitrogen and oxygen atoms in total. The molecule has 3 heteroatoms. The number of aromatic nitrogens is 1. The Morgan fingerprint density at radius 2 is 2.21 bits per heavy atom. The maximum Gasteiger partial charge on any atom is 0.0312 e. The van der Waals surface area contributed by atoms with Gasteiger partial charge in [0.1, 0.15) is 0 Å². The van der Waals surface area contributed by atoms with Crippen LogP contribution < -0.4 is 0 Å². The molecule has 0 bridgehead atoms. The van der Waals surface area contributed by atoms with Crippen LogP contribution in [0, 0.1) is 0 Å². The molecule has 2 rings (SSSR count). The molecule has 0 radical (unpaired) electrons. The SMILES string of the molecule is SC1CCN(Cc2cccnc2)CC1. The Bertz CT molecular complexity index is 268. The molecule has 0 saturated carbocycles. The van der Waals surface area contributed by atoms with Crippen molar-refractivity contribution in [2.24, 2.45) is 0 Å². The van der Waals surface area contributed by atoms with Gasteiger partial charge in [-0.3, -0.25) is 9.88 Å². The first-order valence-corrected chi connectivity index (χ1v) is 5.65. The topological polar surface area (TPSA) is 16.1 Å². The van der Waals surface area contributed by atoms with Gasteiger partial charge in [-0.15, -0.1) is 0 Å². The summed E-state index contributed by atoms with van der Waals surface area (Å²) in [5, 5.41) is 0.611. The van der Waals surface area contributed by atoms with Gasteiger partial charge < -0.3 is 0 Å². The molecule has 14 heavy (non-hydrogen) atoms. The number of thiol groups is 1. The van der Waals surface area contributed by atoms with Crippen LogP contribution in [0.4, 0.5) is 0 Å². The molecular weight excluding hydrogens is 192 g/mol. The zero-order valence-electron chi connectivity index (χ0n) is 8.26. The lowest BCUT2D eigenvalue weighted by Gasteiger charge is -2.29. The monoisotopic (exact) mass is 208 g/mol. The van der Waals surface area contributed by atoms with Crippen molar-refractivity contribution in [3.8, 4) is 0 Å². The highest BCUT2D eigenvalue weighted by Crippen LogP contribution is 2.16. The summed E-state index contributed by atoms with van der Waals surface area (Å²) in [5.74, 6) is 0. The molecule has 1 aromatic rings. The van der Waals surface area contributed by atoms with Gasteiger partial charge in [-0.05, 0) is 37.6 Å². The highest BCUT2D eigenvalue weighted by atomic mass is 32.1. The van der Waals surface area contributed by atoms with E-state index in [4.69, 9.17) is 0 Å². The van der Waals surface area contributed by atoms with E-state index in [1.165, 1.54) is 31.5 Å². The van der Waals surface area contributed by atoms with Crippen LogP contribution in [0.15, 0.2) is 24.5 Å². The first-order valence-electron chi connectivity index (χ1n) is 5.14. The maximum atomic E-state index is 4.49. The lowest BCUT2D eigenvalue weighted by Crippen LogP contribution is -2.33. The van der Waals surface area contributed by atoms with Crippen molar-refractivity contribution in [1.82, 2.24) is 9.88 Å². The number of pyridine rings is 1. The van der Waals surface area contributed by atoms with E-state index >= 15 is 0 Å². The fraction of sp³-hybridized carbons (Fsp3) is 0.545. The molecular formula is C11H16N2S. The van der Waals surface area contributed by atoms with Crippen LogP contribution in [0.5, 0.6) is 0 Å². The summed E-state index contributed by atoms with van der Waals surface area (Å²) >= 11 is 4.49. The van der Waals surface area contributed by atoms with Crippen LogP contribution in [0.25, 0.3) is 0 Å². The van der Waals surface area contributed by atoms with Crippen LogP contribution in [0.1, 0.15) is 18.4 Å². The van der Waals surface area contributed by atoms with Gasteiger partial charge in [0.15, 0.2) is 0 Å². The van der Waals surface area contributed by atoms with Gasteiger partial charge in [-0.2, -0.15) is 12.6 Å². The summed E-state index contributed by atoms with van der Waals surface area (Å²) in [7, 11) is 0. The van der Waals surface area contributed by atoms with Crippen LogP contribution in [-0.4, -0.2) is 28.2 Å². The standard InChI is InChI=1S/C11H16N2S/c14-11-3-6-13(7-4-11)9-10-2-1-5-12-8-10/h1-2,5,8,11,14H,3-4,6-7,9H2. The van der Waals surface area contributed by atoms with Crippen molar-refractivity contribution in [2.75, 3.05) is 13.1 Å². The lowest BCUT2D eigenvalue weighted by atomic mass is 10.1. The van der Waals surface area contributed by atoms with Crippen LogP contribution >= 0.6 is 12.6 Å². The molecule has 76 valence electrons. The van der Waals surface area contributed by atoms with Gasteiger partial charge in [0, 0.05) is 24.2 Å². The average molecular weight is 208 g/mol. The van der Waals surface area contributed by atoms with Crippen LogP contribution in [0.3, 0.4) is 0 Å². The molecule has 0 N–H and O–H groups in total. The van der Waals surface area contributed by atoms with Crippen molar-refractivity contribution < 1.29 is 0 Å². The molecule has 0 unspecified atom stereocenters. The fourth-order valence-corrected chi connectivity index (χ4v) is 2.06. The molecule has 0 atom stereocenters. The van der Waals surface area contributed by atoms with Gasteiger partial charge in [-0.1, -0.05) is 6.07 Å². The summed E-state index contributed by atoms with van der Waals surface area (Å²) in [6.07, 6.45) is 6.20. The van der Waals surface area contributed by atoms with E-state index in [9.17, 15) is 0 Å². The van der Waals surface area contributed by atoms with E-state index in [0.29, 0.717) is 5.25 Å². The summed E-state index contributed by atoms with van der Waals surface area (Å²) in [6, 6.07) is 4.14. The third kappa shape index (κ3) is 2.72. The zero-order valence-corrected chi connectivity index (χ0v) is 9.16. The number of piperidine rings is 1. The minimum atomic E-state index is 0.611. The van der Waals surface area contributed by atoms with Gasteiger partial charge >= 0.3 is 0 Å². The van der Waals surface area contributed by atoms with Gasteiger partial charge in [0.25, 0.3) is 0 Å². The van der Waals surface area contributed by atoms with Gasteiger partial charge in [-0.25, -0.2) is 0 Å². The number of hydrogen-bond donors (Lipinski definition) is 1. The summed E-state index contributed by atoms with van der Waals surface area (Å²) < 4.78 is 0. The summed E-state index contributed by atoms with van der Waals surface area (Å²) in [6.45, 7) is 3.38. The minimum Gasteiger partial charge on any atom is -0.299 e. The van der Waals surface area contributed by atoms with E-state index in [1.807, 2.05) is 18.5 Å². The average Bonchev–Trinajstić information content (AvgIpc) is 2.23. The molecule has 0 aliphatic carbocycles. The molecule has 0 amide bonds. The molecule has 1 aliphatic heterocycles. The number of likely N-dealkylation sites (tertiary alicyclic amines) is 1. The second kappa shape index (κ2) is 4.80. The van der Waals surface area contributed by atoms with E-state index in [2.05, 4.69) is 28.6 Å². The third-order valence-corrected chi connectivity index (χ3v) is 3.20. The van der Waals surface area contributed by atoms with Crippen molar-refractivity contribution in [3.05, 3.63) is 30.1 Å². The Kier molecular flexibility index (Phi) is 3.43. The third-order valence-electron chi connectivity index (χ3n) is 2.69. The summed E-state index contributed by atoms with van der Waals surface area (Å²) in [5.41, 5.74) is 1.31. The number of hydrogen-bond acceptors (Lipinski definition) is 3. The fourth-order valence-electron chi connectivity index (χ4n) is 1.83. The Morgan fingerprint density at radius 1 is 1.43 bits per heavy atom. The summed E-state index contributed by atoms with van der Waals surface area (Å²) in [4.78, 5) is 6.60. The van der Waals surface area contributed by atoms with E-state index in [0.717, 1.165) is 6.54 Å². The minimum absolute atomic E-state index is 0.611. The highest BCUT2D eigenvalue weighted by molar-refractivity contribution is 7.80. The Labute approximate surface area is 90.7 Å². The second-order valence-electron chi connectivity index (χ2n) is 3.87. The van der Waals surface area contributed by atoms with Crippen LogP contribution in [0.2, 0.25) is 0 Å². The van der Waals surface area contributed by atoms with E-state index < -0.39 is 0 Å². The van der Waals surface area contributed by atoms with Crippen LogP contribution in [-0.2, 0) is 6.54 Å². The molecule has 0 spiro atoms. The molecule has 1 fully saturated rings. The van der Waals surface area contributed by atoms with Crippen molar-refractivity contribution in [1.29, 1.82) is 0 Å². The predicted octanol–water partition coefficient (Wildman–Crippen LogP) is 1.98.